The first-order valence-electron chi connectivity index (χ1n) is 13.1. The smallest absolute Gasteiger partial charge is 0.371 e. The fraction of sp³-hybridized carbons (Fsp3) is 0.552. The molecule has 3 aliphatic rings. The van der Waals surface area contributed by atoms with Gasteiger partial charge in [0.2, 0.25) is 0 Å². The van der Waals surface area contributed by atoms with Gasteiger partial charge in [0.25, 0.3) is 5.91 Å². The number of hydrogen-bond acceptors (Lipinski definition) is 5. The first-order valence-corrected chi connectivity index (χ1v) is 13.1. The van der Waals surface area contributed by atoms with Crippen LogP contribution in [0.5, 0.6) is 0 Å². The van der Waals surface area contributed by atoms with Crippen LogP contribution in [0.1, 0.15) is 56.2 Å². The Morgan fingerprint density at radius 2 is 1.66 bits per heavy atom. The van der Waals surface area contributed by atoms with Crippen molar-refractivity contribution in [2.45, 2.75) is 88.6 Å². The summed E-state index contributed by atoms with van der Waals surface area (Å²) in [7, 11) is 0. The van der Waals surface area contributed by atoms with Gasteiger partial charge in [0.05, 0.1) is 31.0 Å². The van der Waals surface area contributed by atoms with Crippen LogP contribution in [0.25, 0.3) is 0 Å². The number of hydrogen-bond donors (Lipinski definition) is 1. The number of ether oxygens (including phenoxy) is 4. The largest absolute Gasteiger partial charge is 0.416 e. The Balaban J connectivity index is 1.36. The molecule has 1 N–H and O–H groups in total. The van der Waals surface area contributed by atoms with Gasteiger partial charge in [-0.15, -0.1) is 0 Å². The van der Waals surface area contributed by atoms with Crippen LogP contribution in [0, 0.1) is 5.92 Å². The number of amides is 1. The SMILES string of the molecule is CC1(C)O[C@H]2[C@H](OCc3ccc(C(F)(F)F)cc3)C[C@](OCc3ccccc3)(C(=O)NCC3CC3)C[C@H]2O1. The molecule has 0 aromatic heterocycles. The van der Waals surface area contributed by atoms with Crippen LogP contribution in [-0.2, 0) is 43.1 Å². The Morgan fingerprint density at radius 3 is 2.32 bits per heavy atom. The maximum absolute atomic E-state index is 13.7. The van der Waals surface area contributed by atoms with Crippen molar-refractivity contribution in [1.29, 1.82) is 0 Å². The second-order valence-electron chi connectivity index (χ2n) is 11.0. The lowest BCUT2D eigenvalue weighted by Gasteiger charge is -2.43. The van der Waals surface area contributed by atoms with Crippen molar-refractivity contribution >= 4 is 5.91 Å². The summed E-state index contributed by atoms with van der Waals surface area (Å²) in [6.45, 7) is 4.54. The summed E-state index contributed by atoms with van der Waals surface area (Å²) in [5.41, 5.74) is -0.392. The molecule has 0 radical (unpaired) electrons. The van der Waals surface area contributed by atoms with Crippen LogP contribution >= 0.6 is 0 Å². The van der Waals surface area contributed by atoms with Gasteiger partial charge >= 0.3 is 6.18 Å². The number of fused-ring (bicyclic) bond motifs is 1. The molecule has 2 aromatic carbocycles. The van der Waals surface area contributed by atoms with Crippen LogP contribution < -0.4 is 5.32 Å². The average Bonchev–Trinajstić information content (AvgIpc) is 3.65. The van der Waals surface area contributed by atoms with Crippen molar-refractivity contribution in [1.82, 2.24) is 5.32 Å². The van der Waals surface area contributed by atoms with Gasteiger partial charge in [0.15, 0.2) is 11.4 Å². The van der Waals surface area contributed by atoms with Gasteiger partial charge in [0.1, 0.15) is 6.10 Å². The van der Waals surface area contributed by atoms with Crippen LogP contribution in [0.4, 0.5) is 13.2 Å². The summed E-state index contributed by atoms with van der Waals surface area (Å²) in [5.74, 6) is -0.570. The minimum Gasteiger partial charge on any atom is -0.371 e. The minimum absolute atomic E-state index is 0.0638. The lowest BCUT2D eigenvalue weighted by atomic mass is 9.78. The van der Waals surface area contributed by atoms with E-state index in [0.717, 1.165) is 30.5 Å². The maximum atomic E-state index is 13.7. The molecule has 3 fully saturated rings. The summed E-state index contributed by atoms with van der Waals surface area (Å²) >= 11 is 0. The average molecular weight is 534 g/mol. The van der Waals surface area contributed by atoms with E-state index in [1.54, 1.807) is 0 Å². The van der Waals surface area contributed by atoms with Gasteiger partial charge in [0, 0.05) is 19.4 Å². The monoisotopic (exact) mass is 533 g/mol. The fourth-order valence-electron chi connectivity index (χ4n) is 5.22. The fourth-order valence-corrected chi connectivity index (χ4v) is 5.22. The molecular formula is C29H34F3NO5. The lowest BCUT2D eigenvalue weighted by Crippen LogP contribution is -2.60. The van der Waals surface area contributed by atoms with Crippen molar-refractivity contribution in [3.63, 3.8) is 0 Å². The van der Waals surface area contributed by atoms with Gasteiger partial charge in [-0.1, -0.05) is 42.5 Å². The van der Waals surface area contributed by atoms with Crippen molar-refractivity contribution in [2.24, 2.45) is 5.92 Å². The predicted octanol–water partition coefficient (Wildman–Crippen LogP) is 5.39. The Labute approximate surface area is 220 Å². The summed E-state index contributed by atoms with van der Waals surface area (Å²) < 4.78 is 64.0. The third kappa shape index (κ3) is 6.39. The molecule has 5 rings (SSSR count). The summed E-state index contributed by atoms with van der Waals surface area (Å²) in [5, 5.41) is 3.08. The highest BCUT2D eigenvalue weighted by atomic mass is 19.4. The third-order valence-electron chi connectivity index (χ3n) is 7.42. The highest BCUT2D eigenvalue weighted by molar-refractivity contribution is 5.85. The molecule has 4 atom stereocenters. The third-order valence-corrected chi connectivity index (χ3v) is 7.42. The number of halogens is 3. The number of benzene rings is 2. The van der Waals surface area contributed by atoms with Crippen molar-refractivity contribution < 1.29 is 36.9 Å². The predicted molar refractivity (Wildman–Crippen MR) is 133 cm³/mol. The van der Waals surface area contributed by atoms with E-state index in [2.05, 4.69) is 5.32 Å². The molecule has 1 saturated heterocycles. The molecule has 1 aliphatic heterocycles. The number of carbonyl (C=O) groups excluding carboxylic acids is 1. The van der Waals surface area contributed by atoms with E-state index in [9.17, 15) is 18.0 Å². The van der Waals surface area contributed by atoms with Crippen molar-refractivity contribution in [2.75, 3.05) is 6.54 Å². The van der Waals surface area contributed by atoms with Crippen molar-refractivity contribution in [3.8, 4) is 0 Å². The Bertz CT molecular complexity index is 1100. The van der Waals surface area contributed by atoms with Crippen LogP contribution in [0.2, 0.25) is 0 Å². The lowest BCUT2D eigenvalue weighted by molar-refractivity contribution is -0.183. The molecule has 38 heavy (non-hydrogen) atoms. The zero-order valence-corrected chi connectivity index (χ0v) is 21.6. The Kier molecular flexibility index (Phi) is 7.57. The van der Waals surface area contributed by atoms with E-state index in [1.165, 1.54) is 12.1 Å². The second-order valence-corrected chi connectivity index (χ2v) is 11.0. The summed E-state index contributed by atoms with van der Waals surface area (Å²) in [6, 6.07) is 14.5. The number of carbonyl (C=O) groups is 1. The molecular weight excluding hydrogens is 499 g/mol. The molecule has 9 heteroatoms. The number of rotatable bonds is 9. The summed E-state index contributed by atoms with van der Waals surface area (Å²) in [4.78, 5) is 13.7. The number of alkyl halides is 3. The van der Waals surface area contributed by atoms with E-state index in [1.807, 2.05) is 44.2 Å². The normalized spacial score (nSPS) is 28.6. The minimum atomic E-state index is -4.40. The first kappa shape index (κ1) is 27.1. The van der Waals surface area contributed by atoms with Gasteiger partial charge in [-0.05, 0) is 55.9 Å². The van der Waals surface area contributed by atoms with Crippen molar-refractivity contribution in [3.05, 3.63) is 71.3 Å². The van der Waals surface area contributed by atoms with Gasteiger partial charge in [-0.25, -0.2) is 0 Å². The van der Waals surface area contributed by atoms with Gasteiger partial charge in [-0.2, -0.15) is 13.2 Å². The zero-order valence-electron chi connectivity index (χ0n) is 21.6. The molecule has 2 saturated carbocycles. The first-order chi connectivity index (χ1) is 18.0. The second kappa shape index (κ2) is 10.6. The van der Waals surface area contributed by atoms with E-state index in [4.69, 9.17) is 18.9 Å². The standard InChI is InChI=1S/C29H34F3NO5/c1-27(2)37-24-15-28(26(34)33-16-19-8-9-19,36-18-20-6-4-3-5-7-20)14-23(25(24)38-27)35-17-21-10-12-22(13-11-21)29(30,31)32/h3-7,10-13,19,23-25H,8-9,14-18H2,1-2H3,(H,33,34)/t23-,24-,25+,28-/m1/s1. The molecule has 0 spiro atoms. The highest BCUT2D eigenvalue weighted by Gasteiger charge is 2.58. The zero-order chi connectivity index (χ0) is 27.0. The van der Waals surface area contributed by atoms with Crippen LogP contribution in [-0.4, -0.2) is 42.2 Å². The Morgan fingerprint density at radius 1 is 0.974 bits per heavy atom. The molecule has 2 aliphatic carbocycles. The topological polar surface area (TPSA) is 66.0 Å². The van der Waals surface area contributed by atoms with Crippen LogP contribution in [0.3, 0.4) is 0 Å². The maximum Gasteiger partial charge on any atom is 0.416 e. The van der Waals surface area contributed by atoms with Gasteiger partial charge in [-0.3, -0.25) is 4.79 Å². The quantitative estimate of drug-likeness (QED) is 0.469. The van der Waals surface area contributed by atoms with Gasteiger partial charge < -0.3 is 24.3 Å². The van der Waals surface area contributed by atoms with E-state index < -0.39 is 41.4 Å². The molecule has 6 nitrogen and oxygen atoms in total. The van der Waals surface area contributed by atoms with Crippen LogP contribution in [0.15, 0.2) is 54.6 Å². The molecule has 206 valence electrons. The Hall–Kier alpha value is -2.46. The molecule has 1 amide bonds. The van der Waals surface area contributed by atoms with E-state index in [0.29, 0.717) is 24.4 Å². The number of nitrogens with one attached hydrogen (secondary N) is 1. The molecule has 0 bridgehead atoms. The van der Waals surface area contributed by atoms with E-state index in [-0.39, 0.29) is 25.5 Å². The molecule has 2 aromatic rings. The summed E-state index contributed by atoms with van der Waals surface area (Å²) in [6.07, 6.45) is -3.11. The molecule has 1 heterocycles. The van der Waals surface area contributed by atoms with E-state index >= 15 is 0 Å². The molecule has 0 unspecified atom stereocenters. The highest BCUT2D eigenvalue weighted by Crippen LogP contribution is 2.44.